The van der Waals surface area contributed by atoms with E-state index in [0.717, 1.165) is 5.92 Å². The second-order valence-corrected chi connectivity index (χ2v) is 3.84. The fourth-order valence-electron chi connectivity index (χ4n) is 1.89. The summed E-state index contributed by atoms with van der Waals surface area (Å²) in [6.07, 6.45) is 2.51. The Labute approximate surface area is 69.9 Å². The second kappa shape index (κ2) is 3.40. The normalized spacial score (nSPS) is 32.7. The van der Waals surface area contributed by atoms with Crippen molar-refractivity contribution in [3.05, 3.63) is 11.1 Å². The van der Waals surface area contributed by atoms with E-state index in [1.807, 2.05) is 0 Å². The largest absolute Gasteiger partial charge is 0.316 e. The maximum Gasteiger partial charge on any atom is 0.0130 e. The van der Waals surface area contributed by atoms with Crippen LogP contribution in [-0.2, 0) is 0 Å². The van der Waals surface area contributed by atoms with Gasteiger partial charge in [0, 0.05) is 6.04 Å². The molecular formula is C10H19N. The van der Waals surface area contributed by atoms with Crippen molar-refractivity contribution >= 4 is 0 Å². The number of rotatable bonds is 1. The minimum absolute atomic E-state index is 0.707. The number of allylic oxidation sites excluding steroid dienone is 1. The molecule has 0 aromatic carbocycles. The highest BCUT2D eigenvalue weighted by molar-refractivity contribution is 5.16. The summed E-state index contributed by atoms with van der Waals surface area (Å²) in [6, 6.07) is 0.707. The lowest BCUT2D eigenvalue weighted by Crippen LogP contribution is -2.34. The zero-order chi connectivity index (χ0) is 8.43. The van der Waals surface area contributed by atoms with Gasteiger partial charge in [0.15, 0.2) is 0 Å². The predicted molar refractivity (Wildman–Crippen MR) is 49.6 cm³/mol. The smallest absolute Gasteiger partial charge is 0.0130 e. The van der Waals surface area contributed by atoms with Gasteiger partial charge in [-0.25, -0.2) is 0 Å². The summed E-state index contributed by atoms with van der Waals surface area (Å²) in [5.41, 5.74) is 3.19. The van der Waals surface area contributed by atoms with E-state index in [0.29, 0.717) is 6.04 Å². The molecule has 0 fully saturated rings. The number of hydrogen-bond acceptors (Lipinski definition) is 1. The van der Waals surface area contributed by atoms with Crippen LogP contribution in [-0.4, -0.2) is 13.1 Å². The van der Waals surface area contributed by atoms with Crippen LogP contribution in [0.3, 0.4) is 0 Å². The Morgan fingerprint density at radius 1 is 1.18 bits per heavy atom. The Hall–Kier alpha value is -0.300. The van der Waals surface area contributed by atoms with Gasteiger partial charge in [-0.3, -0.25) is 0 Å². The van der Waals surface area contributed by atoms with Gasteiger partial charge in [0.05, 0.1) is 0 Å². The first-order valence-electron chi connectivity index (χ1n) is 4.47. The molecule has 64 valence electrons. The molecule has 0 aromatic rings. The average molecular weight is 153 g/mol. The molecule has 2 atom stereocenters. The molecule has 11 heavy (non-hydrogen) atoms. The highest BCUT2D eigenvalue weighted by atomic mass is 14.9. The zero-order valence-corrected chi connectivity index (χ0v) is 8.07. The average Bonchev–Trinajstić information content (AvgIpc) is 1.97. The SMILES string of the molecule is CNC1CC(C)=C(C)CC1C. The Balaban J connectivity index is 2.67. The molecule has 2 unspecified atom stereocenters. The van der Waals surface area contributed by atoms with Crippen molar-refractivity contribution in [3.63, 3.8) is 0 Å². The predicted octanol–water partition coefficient (Wildman–Crippen LogP) is 2.34. The first kappa shape index (κ1) is 8.79. The lowest BCUT2D eigenvalue weighted by Gasteiger charge is -2.30. The molecular weight excluding hydrogens is 134 g/mol. The van der Waals surface area contributed by atoms with Crippen LogP contribution in [0, 0.1) is 5.92 Å². The third-order valence-electron chi connectivity index (χ3n) is 2.94. The zero-order valence-electron chi connectivity index (χ0n) is 8.07. The summed E-state index contributed by atoms with van der Waals surface area (Å²) in [5, 5.41) is 3.37. The lowest BCUT2D eigenvalue weighted by molar-refractivity contribution is 0.371. The molecule has 0 aliphatic heterocycles. The van der Waals surface area contributed by atoms with Crippen LogP contribution in [0.15, 0.2) is 11.1 Å². The Morgan fingerprint density at radius 2 is 1.73 bits per heavy atom. The van der Waals surface area contributed by atoms with E-state index in [4.69, 9.17) is 0 Å². The first-order chi connectivity index (χ1) is 5.15. The van der Waals surface area contributed by atoms with Gasteiger partial charge in [-0.15, -0.1) is 0 Å². The van der Waals surface area contributed by atoms with E-state index in [2.05, 4.69) is 33.1 Å². The highest BCUT2D eigenvalue weighted by Crippen LogP contribution is 2.28. The topological polar surface area (TPSA) is 12.0 Å². The monoisotopic (exact) mass is 153 g/mol. The summed E-state index contributed by atoms with van der Waals surface area (Å²) in [7, 11) is 2.06. The van der Waals surface area contributed by atoms with Crippen molar-refractivity contribution < 1.29 is 0 Å². The van der Waals surface area contributed by atoms with Gasteiger partial charge < -0.3 is 5.32 Å². The van der Waals surface area contributed by atoms with E-state index in [-0.39, 0.29) is 0 Å². The molecule has 0 bridgehead atoms. The van der Waals surface area contributed by atoms with E-state index in [1.165, 1.54) is 12.8 Å². The third kappa shape index (κ3) is 1.84. The van der Waals surface area contributed by atoms with Gasteiger partial charge >= 0.3 is 0 Å². The molecule has 0 spiro atoms. The summed E-state index contributed by atoms with van der Waals surface area (Å²) in [4.78, 5) is 0. The van der Waals surface area contributed by atoms with E-state index in [9.17, 15) is 0 Å². The molecule has 1 nitrogen and oxygen atoms in total. The number of nitrogens with one attached hydrogen (secondary N) is 1. The molecule has 0 saturated carbocycles. The molecule has 0 saturated heterocycles. The quantitative estimate of drug-likeness (QED) is 0.570. The van der Waals surface area contributed by atoms with Crippen molar-refractivity contribution in [1.82, 2.24) is 5.32 Å². The fraction of sp³-hybridized carbons (Fsp3) is 0.800. The highest BCUT2D eigenvalue weighted by Gasteiger charge is 2.21. The Kier molecular flexibility index (Phi) is 2.72. The van der Waals surface area contributed by atoms with Gasteiger partial charge in [-0.1, -0.05) is 18.1 Å². The second-order valence-electron chi connectivity index (χ2n) is 3.84. The molecule has 1 rings (SSSR count). The van der Waals surface area contributed by atoms with Crippen molar-refractivity contribution in [2.75, 3.05) is 7.05 Å². The molecule has 0 heterocycles. The Morgan fingerprint density at radius 3 is 2.27 bits per heavy atom. The molecule has 0 aromatic heterocycles. The maximum atomic E-state index is 3.37. The lowest BCUT2D eigenvalue weighted by atomic mass is 9.82. The fourth-order valence-corrected chi connectivity index (χ4v) is 1.89. The van der Waals surface area contributed by atoms with Crippen LogP contribution >= 0.6 is 0 Å². The summed E-state index contributed by atoms with van der Waals surface area (Å²) < 4.78 is 0. The van der Waals surface area contributed by atoms with Crippen LogP contribution in [0.2, 0.25) is 0 Å². The van der Waals surface area contributed by atoms with Gasteiger partial charge in [-0.05, 0) is 39.7 Å². The molecule has 1 heteroatoms. The number of hydrogen-bond donors (Lipinski definition) is 1. The summed E-state index contributed by atoms with van der Waals surface area (Å²) in [5.74, 6) is 0.809. The van der Waals surface area contributed by atoms with Crippen LogP contribution in [0.25, 0.3) is 0 Å². The van der Waals surface area contributed by atoms with Crippen LogP contribution < -0.4 is 5.32 Å². The van der Waals surface area contributed by atoms with Gasteiger partial charge in [0.25, 0.3) is 0 Å². The van der Waals surface area contributed by atoms with Crippen LogP contribution in [0.5, 0.6) is 0 Å². The van der Waals surface area contributed by atoms with Crippen LogP contribution in [0.1, 0.15) is 33.6 Å². The van der Waals surface area contributed by atoms with Gasteiger partial charge in [-0.2, -0.15) is 0 Å². The standard InChI is InChI=1S/C10H19N/c1-7-5-9(3)10(11-4)6-8(7)2/h9-11H,5-6H2,1-4H3. The minimum atomic E-state index is 0.707. The van der Waals surface area contributed by atoms with E-state index < -0.39 is 0 Å². The van der Waals surface area contributed by atoms with Crippen molar-refractivity contribution in [2.24, 2.45) is 5.92 Å². The molecule has 0 radical (unpaired) electrons. The molecule has 1 N–H and O–H groups in total. The molecule has 0 amide bonds. The maximum absolute atomic E-state index is 3.37. The van der Waals surface area contributed by atoms with Gasteiger partial charge in [0.2, 0.25) is 0 Å². The minimum Gasteiger partial charge on any atom is -0.316 e. The van der Waals surface area contributed by atoms with Gasteiger partial charge in [0.1, 0.15) is 0 Å². The van der Waals surface area contributed by atoms with Crippen molar-refractivity contribution in [3.8, 4) is 0 Å². The van der Waals surface area contributed by atoms with Crippen LogP contribution in [0.4, 0.5) is 0 Å². The third-order valence-corrected chi connectivity index (χ3v) is 2.94. The summed E-state index contributed by atoms with van der Waals surface area (Å²) >= 11 is 0. The van der Waals surface area contributed by atoms with Crippen molar-refractivity contribution in [1.29, 1.82) is 0 Å². The van der Waals surface area contributed by atoms with Crippen molar-refractivity contribution in [2.45, 2.75) is 39.7 Å². The molecule has 1 aliphatic rings. The van der Waals surface area contributed by atoms with E-state index in [1.54, 1.807) is 11.1 Å². The summed E-state index contributed by atoms with van der Waals surface area (Å²) in [6.45, 7) is 6.85. The first-order valence-corrected chi connectivity index (χ1v) is 4.47. The Bertz CT molecular complexity index is 170. The molecule has 1 aliphatic carbocycles. The van der Waals surface area contributed by atoms with E-state index >= 15 is 0 Å².